The summed E-state index contributed by atoms with van der Waals surface area (Å²) < 4.78 is 1.86. The molecule has 3 heterocycles. The number of piperidine rings is 1. The third-order valence-corrected chi connectivity index (χ3v) is 7.02. The second-order valence-corrected chi connectivity index (χ2v) is 9.50. The highest BCUT2D eigenvalue weighted by Gasteiger charge is 2.42. The summed E-state index contributed by atoms with van der Waals surface area (Å²) in [6, 6.07) is 3.85. The van der Waals surface area contributed by atoms with Gasteiger partial charge in [-0.1, -0.05) is 23.2 Å². The van der Waals surface area contributed by atoms with Gasteiger partial charge < -0.3 is 15.3 Å². The van der Waals surface area contributed by atoms with Crippen LogP contribution in [0.25, 0.3) is 10.9 Å². The van der Waals surface area contributed by atoms with Gasteiger partial charge in [0.15, 0.2) is 5.15 Å². The van der Waals surface area contributed by atoms with Crippen molar-refractivity contribution in [2.24, 2.45) is 0 Å². The number of benzene rings is 1. The van der Waals surface area contributed by atoms with Gasteiger partial charge in [0, 0.05) is 29.1 Å². The molecule has 0 unspecified atom stereocenters. The molecule has 1 aromatic carbocycles. The number of fused-ring (bicyclic) bond motifs is 1. The van der Waals surface area contributed by atoms with Crippen molar-refractivity contribution >= 4 is 45.7 Å². The molecule has 158 valence electrons. The van der Waals surface area contributed by atoms with E-state index in [4.69, 9.17) is 23.2 Å². The minimum absolute atomic E-state index is 0.00330. The van der Waals surface area contributed by atoms with Gasteiger partial charge in [0.05, 0.1) is 29.0 Å². The number of aliphatic hydroxyl groups is 1. The summed E-state index contributed by atoms with van der Waals surface area (Å²) in [6.07, 6.45) is 6.01. The molecule has 0 radical (unpaired) electrons. The first-order valence-corrected chi connectivity index (χ1v) is 10.9. The van der Waals surface area contributed by atoms with Crippen LogP contribution in [0.5, 0.6) is 0 Å². The number of aromatic nitrogens is 4. The average Bonchev–Trinajstić information content (AvgIpc) is 3.34. The Labute approximate surface area is 185 Å². The molecule has 2 fully saturated rings. The summed E-state index contributed by atoms with van der Waals surface area (Å²) in [7, 11) is 2.02. The lowest BCUT2D eigenvalue weighted by molar-refractivity contribution is 0.0639. The molecular formula is C21H24Cl2N6O. The summed E-state index contributed by atoms with van der Waals surface area (Å²) in [5, 5.41) is 20.2. The Balaban J connectivity index is 1.45. The summed E-state index contributed by atoms with van der Waals surface area (Å²) in [5.74, 6) is 0.443. The van der Waals surface area contributed by atoms with Crippen LogP contribution in [0.4, 0.5) is 11.6 Å². The van der Waals surface area contributed by atoms with Crippen molar-refractivity contribution in [2.45, 2.75) is 43.7 Å². The Hall–Kier alpha value is -1.93. The van der Waals surface area contributed by atoms with Gasteiger partial charge in [-0.05, 0) is 57.5 Å². The van der Waals surface area contributed by atoms with Crippen LogP contribution >= 0.6 is 23.2 Å². The third-order valence-electron chi connectivity index (χ3n) is 6.32. The average molecular weight is 447 g/mol. The maximum Gasteiger partial charge on any atom is 0.227 e. The smallest absolute Gasteiger partial charge is 0.227 e. The second kappa shape index (κ2) is 7.34. The van der Waals surface area contributed by atoms with Crippen LogP contribution in [-0.4, -0.2) is 56.0 Å². The molecular weight excluding hydrogens is 423 g/mol. The molecule has 2 aromatic heterocycles. The largest absolute Gasteiger partial charge is 0.391 e. The number of aliphatic hydroxyl groups excluding tert-OH is 1. The molecule has 2 aliphatic rings. The van der Waals surface area contributed by atoms with Gasteiger partial charge in [-0.2, -0.15) is 5.10 Å². The quantitative estimate of drug-likeness (QED) is 0.625. The summed E-state index contributed by atoms with van der Waals surface area (Å²) >= 11 is 13.1. The van der Waals surface area contributed by atoms with E-state index < -0.39 is 6.10 Å². The lowest BCUT2D eigenvalue weighted by atomic mass is 9.87. The van der Waals surface area contributed by atoms with E-state index in [-0.39, 0.29) is 11.5 Å². The van der Waals surface area contributed by atoms with Gasteiger partial charge in [-0.25, -0.2) is 14.6 Å². The van der Waals surface area contributed by atoms with Crippen LogP contribution < -0.4 is 5.32 Å². The van der Waals surface area contributed by atoms with Crippen LogP contribution in [-0.2, 0) is 5.54 Å². The fourth-order valence-electron chi connectivity index (χ4n) is 4.17. The van der Waals surface area contributed by atoms with E-state index in [1.54, 1.807) is 12.4 Å². The van der Waals surface area contributed by atoms with Crippen molar-refractivity contribution in [3.63, 3.8) is 0 Å². The van der Waals surface area contributed by atoms with Crippen LogP contribution in [0.15, 0.2) is 24.5 Å². The molecule has 3 aromatic rings. The fraction of sp³-hybridized carbons (Fsp3) is 0.476. The second-order valence-electron chi connectivity index (χ2n) is 8.73. The SMILES string of the molecule is CN1CC[C@@H](c2cc3nc(Nc4cnn(C5(C)CC5)c4Cl)ncc3cc2Cl)[C@H](O)C1. The first kappa shape index (κ1) is 20.0. The molecule has 1 aliphatic carbocycles. The van der Waals surface area contributed by atoms with Crippen LogP contribution in [0, 0.1) is 0 Å². The van der Waals surface area contributed by atoms with E-state index in [1.165, 1.54) is 0 Å². The zero-order valence-corrected chi connectivity index (χ0v) is 18.5. The van der Waals surface area contributed by atoms with Gasteiger partial charge in [-0.3, -0.25) is 0 Å². The first-order chi connectivity index (χ1) is 14.3. The molecule has 1 aliphatic heterocycles. The standard InChI is InChI=1S/C21H24Cl2N6O/c1-21(4-5-21)29-19(23)17(10-25-29)27-20-24-9-12-7-15(22)14(8-16(12)26-20)13-3-6-28(2)11-18(13)30/h7-10,13,18,30H,3-6,11H2,1-2H3,(H,24,26,27)/t13-,18+/m0/s1. The lowest BCUT2D eigenvalue weighted by Gasteiger charge is -2.34. The zero-order valence-electron chi connectivity index (χ0n) is 16.9. The highest BCUT2D eigenvalue weighted by atomic mass is 35.5. The molecule has 0 spiro atoms. The van der Waals surface area contributed by atoms with Crippen LogP contribution in [0.2, 0.25) is 10.2 Å². The predicted octanol–water partition coefficient (Wildman–Crippen LogP) is 4.17. The monoisotopic (exact) mass is 446 g/mol. The summed E-state index contributed by atoms with van der Waals surface area (Å²) in [5.41, 5.74) is 2.41. The van der Waals surface area contributed by atoms with Crippen molar-refractivity contribution in [3.05, 3.63) is 40.3 Å². The van der Waals surface area contributed by atoms with Crippen molar-refractivity contribution in [2.75, 3.05) is 25.5 Å². The third kappa shape index (κ3) is 3.54. The molecule has 7 nitrogen and oxygen atoms in total. The number of nitrogens with zero attached hydrogens (tertiary/aromatic N) is 5. The molecule has 30 heavy (non-hydrogen) atoms. The lowest BCUT2D eigenvalue weighted by Crippen LogP contribution is -2.40. The molecule has 2 N–H and O–H groups in total. The van der Waals surface area contributed by atoms with E-state index in [9.17, 15) is 5.11 Å². The Bertz CT molecular complexity index is 1110. The normalized spacial score (nSPS) is 23.6. The van der Waals surface area contributed by atoms with E-state index in [0.717, 1.165) is 42.3 Å². The van der Waals surface area contributed by atoms with Crippen molar-refractivity contribution in [1.82, 2.24) is 24.6 Å². The van der Waals surface area contributed by atoms with Crippen molar-refractivity contribution in [3.8, 4) is 0 Å². The van der Waals surface area contributed by atoms with Crippen LogP contribution in [0.3, 0.4) is 0 Å². The molecule has 2 atom stereocenters. The summed E-state index contributed by atoms with van der Waals surface area (Å²) in [6.45, 7) is 3.70. The van der Waals surface area contributed by atoms with Gasteiger partial charge in [0.2, 0.25) is 5.95 Å². The highest BCUT2D eigenvalue weighted by molar-refractivity contribution is 6.32. The van der Waals surface area contributed by atoms with Gasteiger partial charge in [0.1, 0.15) is 0 Å². The number of hydrogen-bond acceptors (Lipinski definition) is 6. The number of halogens is 2. The minimum atomic E-state index is -0.452. The number of likely N-dealkylation sites (N-methyl/N-ethyl adjacent to an activating group) is 1. The number of β-amino-alcohol motifs (C(OH)–C–C–N with tert-alkyl or cyclic N) is 1. The Kier molecular flexibility index (Phi) is 4.89. The fourth-order valence-corrected chi connectivity index (χ4v) is 4.83. The van der Waals surface area contributed by atoms with Crippen molar-refractivity contribution in [1.29, 1.82) is 0 Å². The summed E-state index contributed by atoms with van der Waals surface area (Å²) in [4.78, 5) is 11.2. The zero-order chi connectivity index (χ0) is 21.0. The van der Waals surface area contributed by atoms with E-state index >= 15 is 0 Å². The van der Waals surface area contributed by atoms with Crippen molar-refractivity contribution < 1.29 is 5.11 Å². The Morgan fingerprint density at radius 2 is 2.03 bits per heavy atom. The minimum Gasteiger partial charge on any atom is -0.391 e. The highest BCUT2D eigenvalue weighted by Crippen LogP contribution is 2.45. The van der Waals surface area contributed by atoms with Gasteiger partial charge in [0.25, 0.3) is 0 Å². The number of likely N-dealkylation sites (tertiary alicyclic amines) is 1. The molecule has 9 heteroatoms. The number of rotatable bonds is 4. The Morgan fingerprint density at radius 3 is 2.77 bits per heavy atom. The first-order valence-electron chi connectivity index (χ1n) is 10.2. The molecule has 0 amide bonds. The number of anilines is 2. The molecule has 1 saturated carbocycles. The van der Waals surface area contributed by atoms with E-state index in [1.807, 2.05) is 23.9 Å². The van der Waals surface area contributed by atoms with Crippen LogP contribution in [0.1, 0.15) is 37.7 Å². The molecule has 5 rings (SSSR count). The topological polar surface area (TPSA) is 79.1 Å². The van der Waals surface area contributed by atoms with E-state index in [2.05, 4.69) is 32.2 Å². The molecule has 0 bridgehead atoms. The number of nitrogens with one attached hydrogen (secondary N) is 1. The molecule has 1 saturated heterocycles. The maximum absolute atomic E-state index is 10.6. The van der Waals surface area contributed by atoms with Gasteiger partial charge in [-0.15, -0.1) is 0 Å². The number of hydrogen-bond donors (Lipinski definition) is 2. The maximum atomic E-state index is 10.6. The van der Waals surface area contributed by atoms with E-state index in [0.29, 0.717) is 28.4 Å². The van der Waals surface area contributed by atoms with Gasteiger partial charge >= 0.3 is 0 Å². The Morgan fingerprint density at radius 1 is 1.23 bits per heavy atom. The predicted molar refractivity (Wildman–Crippen MR) is 119 cm³/mol.